The largest absolute Gasteiger partial charge is 0.460 e. The number of rotatable bonds is 4. The Morgan fingerprint density at radius 3 is 3.00 bits per heavy atom. The third-order valence-corrected chi connectivity index (χ3v) is 4.53. The molecule has 4 rings (SSSR count). The summed E-state index contributed by atoms with van der Waals surface area (Å²) >= 11 is 1.39. The van der Waals surface area contributed by atoms with Crippen LogP contribution in [0, 0.1) is 6.92 Å². The maximum Gasteiger partial charge on any atom is 0.230 e. The molecule has 5 nitrogen and oxygen atoms in total. The standard InChI is InChI=1S/C18H15N3O2S/c1-11-6-7-16(23-11)15-10-24-18(20-15)21-17(22)8-12-9-19-14-5-3-2-4-13(12)14/h2-7,9-10,19H,8H2,1H3,(H,20,21,22). The second-order valence-electron chi connectivity index (χ2n) is 5.53. The first-order chi connectivity index (χ1) is 11.7. The SMILES string of the molecule is Cc1ccc(-c2csc(NC(=O)Cc3c[nH]c4ccccc34)n2)o1. The summed E-state index contributed by atoms with van der Waals surface area (Å²) in [5.41, 5.74) is 2.74. The number of nitrogens with zero attached hydrogens (tertiary/aromatic N) is 1. The van der Waals surface area contributed by atoms with Crippen molar-refractivity contribution in [1.29, 1.82) is 0 Å². The lowest BCUT2D eigenvalue weighted by Gasteiger charge is -2.01. The first-order valence-electron chi connectivity index (χ1n) is 7.56. The molecule has 0 aliphatic carbocycles. The Morgan fingerprint density at radius 2 is 2.17 bits per heavy atom. The molecule has 0 saturated carbocycles. The third-order valence-electron chi connectivity index (χ3n) is 3.77. The fraction of sp³-hybridized carbons (Fsp3) is 0.111. The van der Waals surface area contributed by atoms with Gasteiger partial charge in [0, 0.05) is 22.5 Å². The highest BCUT2D eigenvalue weighted by atomic mass is 32.1. The van der Waals surface area contributed by atoms with E-state index in [9.17, 15) is 4.79 Å². The van der Waals surface area contributed by atoms with Crippen molar-refractivity contribution < 1.29 is 9.21 Å². The fourth-order valence-electron chi connectivity index (χ4n) is 2.63. The molecule has 0 aliphatic heterocycles. The molecule has 0 bridgehead atoms. The first kappa shape index (κ1) is 14.7. The number of aryl methyl sites for hydroxylation is 1. The number of nitrogens with one attached hydrogen (secondary N) is 2. The minimum Gasteiger partial charge on any atom is -0.460 e. The lowest BCUT2D eigenvalue weighted by atomic mass is 10.1. The van der Waals surface area contributed by atoms with Crippen LogP contribution in [0.5, 0.6) is 0 Å². The zero-order valence-corrected chi connectivity index (χ0v) is 13.8. The summed E-state index contributed by atoms with van der Waals surface area (Å²) in [6.07, 6.45) is 2.18. The monoisotopic (exact) mass is 337 g/mol. The van der Waals surface area contributed by atoms with Gasteiger partial charge in [0.15, 0.2) is 10.9 Å². The van der Waals surface area contributed by atoms with Gasteiger partial charge in [-0.1, -0.05) is 18.2 Å². The van der Waals surface area contributed by atoms with Gasteiger partial charge in [-0.2, -0.15) is 0 Å². The minimum absolute atomic E-state index is 0.0868. The molecule has 24 heavy (non-hydrogen) atoms. The van der Waals surface area contributed by atoms with E-state index in [1.807, 2.05) is 54.9 Å². The van der Waals surface area contributed by atoms with Gasteiger partial charge in [-0.25, -0.2) is 4.98 Å². The predicted octanol–water partition coefficient (Wildman–Crippen LogP) is 4.37. The Balaban J connectivity index is 1.47. The highest BCUT2D eigenvalue weighted by molar-refractivity contribution is 7.14. The normalized spacial score (nSPS) is 11.0. The summed E-state index contributed by atoms with van der Waals surface area (Å²) in [5, 5.41) is 6.37. The van der Waals surface area contributed by atoms with Gasteiger partial charge in [-0.05, 0) is 30.7 Å². The number of amides is 1. The molecular weight excluding hydrogens is 322 g/mol. The molecule has 1 aromatic carbocycles. The topological polar surface area (TPSA) is 70.9 Å². The zero-order chi connectivity index (χ0) is 16.5. The molecule has 0 aliphatic rings. The lowest BCUT2D eigenvalue weighted by molar-refractivity contribution is -0.115. The van der Waals surface area contributed by atoms with E-state index in [0.29, 0.717) is 17.3 Å². The van der Waals surface area contributed by atoms with Crippen LogP contribution in [0.15, 0.2) is 52.4 Å². The number of H-pyrrole nitrogens is 1. The van der Waals surface area contributed by atoms with Crippen LogP contribution in [0.4, 0.5) is 5.13 Å². The molecule has 0 radical (unpaired) electrons. The molecule has 0 saturated heterocycles. The Bertz CT molecular complexity index is 1010. The molecule has 120 valence electrons. The van der Waals surface area contributed by atoms with Gasteiger partial charge in [0.1, 0.15) is 11.5 Å². The van der Waals surface area contributed by atoms with Crippen LogP contribution in [-0.4, -0.2) is 15.9 Å². The average molecular weight is 337 g/mol. The minimum atomic E-state index is -0.0868. The smallest absolute Gasteiger partial charge is 0.230 e. The molecule has 0 fully saturated rings. The molecule has 3 heterocycles. The number of aromatic amines is 1. The number of aromatic nitrogens is 2. The summed E-state index contributed by atoms with van der Waals surface area (Å²) < 4.78 is 5.55. The molecule has 2 N–H and O–H groups in total. The Hall–Kier alpha value is -2.86. The highest BCUT2D eigenvalue weighted by Gasteiger charge is 2.12. The zero-order valence-electron chi connectivity index (χ0n) is 13.0. The summed E-state index contributed by atoms with van der Waals surface area (Å²) in [4.78, 5) is 19.9. The average Bonchev–Trinajstić information content (AvgIpc) is 3.28. The van der Waals surface area contributed by atoms with Crippen LogP contribution < -0.4 is 5.32 Å². The van der Waals surface area contributed by atoms with Gasteiger partial charge in [-0.3, -0.25) is 4.79 Å². The maximum atomic E-state index is 12.3. The van der Waals surface area contributed by atoms with Crippen LogP contribution in [-0.2, 0) is 11.2 Å². The van der Waals surface area contributed by atoms with Gasteiger partial charge in [0.05, 0.1) is 6.42 Å². The quantitative estimate of drug-likeness (QED) is 0.581. The molecular formula is C18H15N3O2S. The van der Waals surface area contributed by atoms with Gasteiger partial charge in [0.25, 0.3) is 0 Å². The molecule has 0 spiro atoms. The van der Waals surface area contributed by atoms with Crippen LogP contribution in [0.2, 0.25) is 0 Å². The first-order valence-corrected chi connectivity index (χ1v) is 8.44. The molecule has 3 aromatic heterocycles. The number of para-hydroxylation sites is 1. The molecule has 0 unspecified atom stereocenters. The predicted molar refractivity (Wildman–Crippen MR) is 95.2 cm³/mol. The van der Waals surface area contributed by atoms with Crippen molar-refractivity contribution in [1.82, 2.24) is 9.97 Å². The molecule has 1 amide bonds. The van der Waals surface area contributed by atoms with Crippen molar-refractivity contribution in [3.63, 3.8) is 0 Å². The molecule has 0 atom stereocenters. The molecule has 6 heteroatoms. The number of hydrogen-bond donors (Lipinski definition) is 2. The summed E-state index contributed by atoms with van der Waals surface area (Å²) in [6.45, 7) is 1.89. The van der Waals surface area contributed by atoms with Gasteiger partial charge in [-0.15, -0.1) is 11.3 Å². The van der Waals surface area contributed by atoms with Crippen LogP contribution in [0.1, 0.15) is 11.3 Å². The lowest BCUT2D eigenvalue weighted by Crippen LogP contribution is -2.13. The van der Waals surface area contributed by atoms with E-state index < -0.39 is 0 Å². The van der Waals surface area contributed by atoms with E-state index in [-0.39, 0.29) is 5.91 Å². The molecule has 4 aromatic rings. The van der Waals surface area contributed by atoms with E-state index in [2.05, 4.69) is 15.3 Å². The number of thiazole rings is 1. The highest BCUT2D eigenvalue weighted by Crippen LogP contribution is 2.26. The van der Waals surface area contributed by atoms with E-state index in [1.54, 1.807) is 0 Å². The van der Waals surface area contributed by atoms with Gasteiger partial charge < -0.3 is 14.7 Å². The second-order valence-corrected chi connectivity index (χ2v) is 6.39. The maximum absolute atomic E-state index is 12.3. The summed E-state index contributed by atoms with van der Waals surface area (Å²) in [5.74, 6) is 1.46. The number of carbonyl (C=O) groups is 1. The summed E-state index contributed by atoms with van der Waals surface area (Å²) in [7, 11) is 0. The van der Waals surface area contributed by atoms with E-state index in [1.165, 1.54) is 11.3 Å². The van der Waals surface area contributed by atoms with Crippen molar-refractivity contribution in [2.24, 2.45) is 0 Å². The number of benzene rings is 1. The Kier molecular flexibility index (Phi) is 3.66. The van der Waals surface area contributed by atoms with Crippen LogP contribution in [0.25, 0.3) is 22.4 Å². The van der Waals surface area contributed by atoms with Crippen molar-refractivity contribution >= 4 is 33.3 Å². The summed E-state index contributed by atoms with van der Waals surface area (Å²) in [6, 6.07) is 11.7. The van der Waals surface area contributed by atoms with Gasteiger partial charge in [0.2, 0.25) is 5.91 Å². The Labute approximate surface area is 142 Å². The van der Waals surface area contributed by atoms with Crippen molar-refractivity contribution in [3.8, 4) is 11.5 Å². The van der Waals surface area contributed by atoms with Crippen LogP contribution >= 0.6 is 11.3 Å². The fourth-order valence-corrected chi connectivity index (χ4v) is 3.35. The van der Waals surface area contributed by atoms with E-state index in [4.69, 9.17) is 4.42 Å². The number of anilines is 1. The van der Waals surface area contributed by atoms with Crippen molar-refractivity contribution in [2.45, 2.75) is 13.3 Å². The number of fused-ring (bicyclic) bond motifs is 1. The van der Waals surface area contributed by atoms with E-state index in [0.717, 1.165) is 27.9 Å². The van der Waals surface area contributed by atoms with Crippen LogP contribution in [0.3, 0.4) is 0 Å². The van der Waals surface area contributed by atoms with Crippen molar-refractivity contribution in [2.75, 3.05) is 5.32 Å². The second kappa shape index (κ2) is 5.98. The van der Waals surface area contributed by atoms with E-state index >= 15 is 0 Å². The third kappa shape index (κ3) is 2.83. The number of furan rings is 1. The number of carbonyl (C=O) groups excluding carboxylic acids is 1. The number of hydrogen-bond acceptors (Lipinski definition) is 4. The van der Waals surface area contributed by atoms with Crippen molar-refractivity contribution in [3.05, 3.63) is 59.3 Å². The Morgan fingerprint density at radius 1 is 1.29 bits per heavy atom. The van der Waals surface area contributed by atoms with Gasteiger partial charge >= 0.3 is 0 Å².